The number of hydrogen-bond acceptors (Lipinski definition) is 4. The maximum absolute atomic E-state index is 11.9. The molecule has 0 N–H and O–H groups in total. The van der Waals surface area contributed by atoms with Gasteiger partial charge in [0.2, 0.25) is 0 Å². The third kappa shape index (κ3) is 4.31. The molecule has 0 aliphatic rings. The topological polar surface area (TPSA) is 46.6 Å². The van der Waals surface area contributed by atoms with E-state index >= 15 is 0 Å². The maximum atomic E-state index is 11.9. The maximum Gasteiger partial charge on any atom is 0.319 e. The van der Waals surface area contributed by atoms with Crippen LogP contribution in [0.1, 0.15) is 34.1 Å². The van der Waals surface area contributed by atoms with E-state index in [0.717, 1.165) is 13.0 Å². The highest BCUT2D eigenvalue weighted by molar-refractivity contribution is 6.03. The van der Waals surface area contributed by atoms with Gasteiger partial charge < -0.3 is 4.74 Å². The van der Waals surface area contributed by atoms with Crippen molar-refractivity contribution >= 4 is 11.8 Å². The zero-order valence-corrected chi connectivity index (χ0v) is 11.0. The fraction of sp³-hybridized carbons (Fsp3) is 0.833. The Bertz CT molecular complexity index is 249. The van der Waals surface area contributed by atoms with E-state index < -0.39 is 11.4 Å². The molecule has 16 heavy (non-hydrogen) atoms. The van der Waals surface area contributed by atoms with Crippen LogP contribution in [0.3, 0.4) is 0 Å². The molecule has 0 rings (SSSR count). The smallest absolute Gasteiger partial charge is 0.319 e. The SMILES string of the molecule is CCCN(C)CC(=O)C(C)(C)C(=O)OCC. The number of ether oxygens (including phenoxy) is 1. The van der Waals surface area contributed by atoms with E-state index in [1.165, 1.54) is 0 Å². The second kappa shape index (κ2) is 6.63. The Hall–Kier alpha value is -0.900. The van der Waals surface area contributed by atoms with E-state index in [0.29, 0.717) is 13.2 Å². The summed E-state index contributed by atoms with van der Waals surface area (Å²) >= 11 is 0. The monoisotopic (exact) mass is 229 g/mol. The standard InChI is InChI=1S/C12H23NO3/c1-6-8-13(5)9-10(14)12(3,4)11(15)16-7-2/h6-9H2,1-5H3. The zero-order chi connectivity index (χ0) is 12.8. The van der Waals surface area contributed by atoms with Crippen molar-refractivity contribution in [2.24, 2.45) is 5.41 Å². The van der Waals surface area contributed by atoms with E-state index in [1.807, 2.05) is 11.9 Å². The van der Waals surface area contributed by atoms with Crippen molar-refractivity contribution < 1.29 is 14.3 Å². The minimum absolute atomic E-state index is 0.0955. The van der Waals surface area contributed by atoms with Gasteiger partial charge in [-0.1, -0.05) is 6.92 Å². The number of likely N-dealkylation sites (N-methyl/N-ethyl adjacent to an activating group) is 1. The average molecular weight is 229 g/mol. The van der Waals surface area contributed by atoms with Gasteiger partial charge in [-0.15, -0.1) is 0 Å². The molecule has 0 bridgehead atoms. The van der Waals surface area contributed by atoms with Gasteiger partial charge in [0.05, 0.1) is 13.2 Å². The quantitative estimate of drug-likeness (QED) is 0.490. The number of Topliss-reactive ketones (excluding diaryl/α,β-unsaturated/α-hetero) is 1. The molecule has 0 radical (unpaired) electrons. The number of esters is 1. The summed E-state index contributed by atoms with van der Waals surface area (Å²) in [5.74, 6) is -0.535. The summed E-state index contributed by atoms with van der Waals surface area (Å²) in [6.07, 6.45) is 0.990. The molecular weight excluding hydrogens is 206 g/mol. The fourth-order valence-corrected chi connectivity index (χ4v) is 1.33. The van der Waals surface area contributed by atoms with E-state index in [9.17, 15) is 9.59 Å². The predicted octanol–water partition coefficient (Wildman–Crippen LogP) is 1.49. The molecular formula is C12H23NO3. The van der Waals surface area contributed by atoms with Gasteiger partial charge >= 0.3 is 5.97 Å². The summed E-state index contributed by atoms with van der Waals surface area (Å²) in [4.78, 5) is 25.4. The zero-order valence-electron chi connectivity index (χ0n) is 11.0. The van der Waals surface area contributed by atoms with Gasteiger partial charge in [0.15, 0.2) is 5.78 Å². The van der Waals surface area contributed by atoms with Crippen LogP contribution >= 0.6 is 0 Å². The highest BCUT2D eigenvalue weighted by Crippen LogP contribution is 2.19. The summed E-state index contributed by atoms with van der Waals surface area (Å²) in [6, 6.07) is 0. The summed E-state index contributed by atoms with van der Waals surface area (Å²) in [7, 11) is 1.88. The first kappa shape index (κ1) is 15.1. The van der Waals surface area contributed by atoms with Crippen molar-refractivity contribution in [2.45, 2.75) is 34.1 Å². The molecule has 0 amide bonds. The lowest BCUT2D eigenvalue weighted by atomic mass is 9.88. The molecule has 0 heterocycles. The largest absolute Gasteiger partial charge is 0.465 e. The number of hydrogen-bond donors (Lipinski definition) is 0. The first-order chi connectivity index (χ1) is 7.36. The van der Waals surface area contributed by atoms with Gasteiger partial charge in [0.25, 0.3) is 0 Å². The fourth-order valence-electron chi connectivity index (χ4n) is 1.33. The molecule has 0 unspecified atom stereocenters. The molecule has 4 heteroatoms. The van der Waals surface area contributed by atoms with Crippen molar-refractivity contribution in [3.63, 3.8) is 0 Å². The second-order valence-electron chi connectivity index (χ2n) is 4.51. The van der Waals surface area contributed by atoms with Gasteiger partial charge in [0, 0.05) is 0 Å². The highest BCUT2D eigenvalue weighted by atomic mass is 16.5. The van der Waals surface area contributed by atoms with Crippen molar-refractivity contribution in [3.8, 4) is 0 Å². The van der Waals surface area contributed by atoms with Crippen LogP contribution in [0.5, 0.6) is 0 Å². The van der Waals surface area contributed by atoms with Crippen molar-refractivity contribution in [2.75, 3.05) is 26.7 Å². The van der Waals surface area contributed by atoms with Crippen LogP contribution in [-0.4, -0.2) is 43.4 Å². The van der Waals surface area contributed by atoms with Crippen LogP contribution < -0.4 is 0 Å². The summed E-state index contributed by atoms with van der Waals surface area (Å²) in [6.45, 7) is 8.48. The van der Waals surface area contributed by atoms with E-state index in [4.69, 9.17) is 4.74 Å². The summed E-state index contributed by atoms with van der Waals surface area (Å²) in [5, 5.41) is 0. The molecule has 94 valence electrons. The Kier molecular flexibility index (Phi) is 6.26. The first-order valence-corrected chi connectivity index (χ1v) is 5.75. The molecule has 0 fully saturated rings. The molecule has 0 aromatic rings. The highest BCUT2D eigenvalue weighted by Gasteiger charge is 2.37. The van der Waals surface area contributed by atoms with Crippen LogP contribution in [0, 0.1) is 5.41 Å². The van der Waals surface area contributed by atoms with Gasteiger partial charge in [-0.05, 0) is 40.8 Å². The summed E-state index contributed by atoms with van der Waals surface area (Å²) < 4.78 is 4.89. The van der Waals surface area contributed by atoms with E-state index in [-0.39, 0.29) is 5.78 Å². The third-order valence-electron chi connectivity index (χ3n) is 2.50. The number of carbonyl (C=O) groups excluding carboxylic acids is 2. The average Bonchev–Trinajstić information content (AvgIpc) is 2.18. The summed E-state index contributed by atoms with van der Waals surface area (Å²) in [5.41, 5.74) is -1.04. The Balaban J connectivity index is 4.39. The van der Waals surface area contributed by atoms with Crippen LogP contribution in [0.4, 0.5) is 0 Å². The van der Waals surface area contributed by atoms with Crippen LogP contribution in [0.25, 0.3) is 0 Å². The molecule has 0 atom stereocenters. The Labute approximate surface area is 98.0 Å². The van der Waals surface area contributed by atoms with E-state index in [2.05, 4.69) is 6.92 Å². The lowest BCUT2D eigenvalue weighted by Crippen LogP contribution is -2.41. The van der Waals surface area contributed by atoms with Gasteiger partial charge in [0.1, 0.15) is 5.41 Å². The minimum Gasteiger partial charge on any atom is -0.465 e. The molecule has 4 nitrogen and oxygen atoms in total. The van der Waals surface area contributed by atoms with Crippen molar-refractivity contribution in [3.05, 3.63) is 0 Å². The van der Waals surface area contributed by atoms with E-state index in [1.54, 1.807) is 20.8 Å². The van der Waals surface area contributed by atoms with Gasteiger partial charge in [-0.3, -0.25) is 14.5 Å². The van der Waals surface area contributed by atoms with Crippen LogP contribution in [0.2, 0.25) is 0 Å². The van der Waals surface area contributed by atoms with Gasteiger partial charge in [-0.2, -0.15) is 0 Å². The predicted molar refractivity (Wildman–Crippen MR) is 63.2 cm³/mol. The van der Waals surface area contributed by atoms with Gasteiger partial charge in [-0.25, -0.2) is 0 Å². The molecule has 0 aliphatic carbocycles. The molecule has 0 aliphatic heterocycles. The lowest BCUT2D eigenvalue weighted by molar-refractivity contribution is -0.158. The number of carbonyl (C=O) groups is 2. The van der Waals surface area contributed by atoms with Crippen LogP contribution in [0.15, 0.2) is 0 Å². The first-order valence-electron chi connectivity index (χ1n) is 5.75. The molecule has 0 aromatic heterocycles. The molecule has 0 saturated heterocycles. The van der Waals surface area contributed by atoms with Crippen LogP contribution in [-0.2, 0) is 14.3 Å². The molecule has 0 saturated carbocycles. The molecule has 0 spiro atoms. The third-order valence-corrected chi connectivity index (χ3v) is 2.50. The van der Waals surface area contributed by atoms with Crippen molar-refractivity contribution in [1.29, 1.82) is 0 Å². The number of ketones is 1. The minimum atomic E-state index is -1.04. The lowest BCUT2D eigenvalue weighted by Gasteiger charge is -2.24. The Morgan fingerprint density at radius 1 is 1.25 bits per heavy atom. The normalized spacial score (nSPS) is 11.6. The number of nitrogens with zero attached hydrogens (tertiary/aromatic N) is 1. The Morgan fingerprint density at radius 2 is 1.81 bits per heavy atom. The molecule has 0 aromatic carbocycles. The second-order valence-corrected chi connectivity index (χ2v) is 4.51. The number of rotatable bonds is 7. The Morgan fingerprint density at radius 3 is 2.25 bits per heavy atom. The van der Waals surface area contributed by atoms with Crippen molar-refractivity contribution in [1.82, 2.24) is 4.90 Å².